The first-order chi connectivity index (χ1) is 14.1. The van der Waals surface area contributed by atoms with E-state index in [1.165, 1.54) is 0 Å². The molecule has 1 amide bonds. The highest BCUT2D eigenvalue weighted by Gasteiger charge is 2.73. The molecule has 0 radical (unpaired) electrons. The third-order valence-electron chi connectivity index (χ3n) is 5.28. The summed E-state index contributed by atoms with van der Waals surface area (Å²) in [5.74, 6) is -1.07. The third-order valence-corrected chi connectivity index (χ3v) is 5.81. The van der Waals surface area contributed by atoms with Crippen molar-refractivity contribution in [2.45, 2.75) is 17.9 Å². The molecule has 0 aliphatic carbocycles. The lowest BCUT2D eigenvalue weighted by molar-refractivity contribution is -0.168. The molecule has 0 unspecified atom stereocenters. The number of para-hydroxylation sites is 1. The molecule has 3 atom stereocenters. The van der Waals surface area contributed by atoms with E-state index in [-0.39, 0.29) is 0 Å². The zero-order valence-corrected chi connectivity index (χ0v) is 16.8. The fourth-order valence-electron chi connectivity index (χ4n) is 3.90. The Morgan fingerprint density at radius 3 is 2.07 bits per heavy atom. The van der Waals surface area contributed by atoms with Crippen LogP contribution in [0.4, 0.5) is 5.69 Å². The lowest BCUT2D eigenvalue weighted by Crippen LogP contribution is -2.71. The second kappa shape index (κ2) is 6.83. The third kappa shape index (κ3) is 2.71. The maximum atomic E-state index is 13.3. The van der Waals surface area contributed by atoms with Gasteiger partial charge in [0.05, 0.1) is 0 Å². The number of ether oxygens (including phenoxy) is 2. The van der Waals surface area contributed by atoms with Crippen molar-refractivity contribution in [1.82, 2.24) is 0 Å². The van der Waals surface area contributed by atoms with E-state index in [2.05, 4.69) is 15.9 Å². The van der Waals surface area contributed by atoms with E-state index in [0.717, 1.165) is 10.0 Å². The van der Waals surface area contributed by atoms with Gasteiger partial charge in [-0.25, -0.2) is 4.79 Å². The number of carbonyl (C=O) groups is 2. The lowest BCUT2D eigenvalue weighted by Gasteiger charge is -2.50. The van der Waals surface area contributed by atoms with Gasteiger partial charge in [0.25, 0.3) is 11.5 Å². The number of amides is 1. The molecule has 0 saturated carbocycles. The van der Waals surface area contributed by atoms with Gasteiger partial charge in [-0.05, 0) is 29.8 Å². The number of hydrogen-bond donors (Lipinski definition) is 0. The summed E-state index contributed by atoms with van der Waals surface area (Å²) >= 11 is 3.39. The van der Waals surface area contributed by atoms with Crippen molar-refractivity contribution in [3.63, 3.8) is 0 Å². The molecule has 2 fully saturated rings. The molecule has 5 nitrogen and oxygen atoms in total. The number of halogens is 1. The van der Waals surface area contributed by atoms with Crippen LogP contribution in [0.25, 0.3) is 0 Å². The Morgan fingerprint density at radius 2 is 1.41 bits per heavy atom. The number of β-lactam (4-membered cyclic amide) rings is 1. The fraction of sp³-hybridized carbons (Fsp3) is 0.130. The van der Waals surface area contributed by atoms with Crippen molar-refractivity contribution in [3.8, 4) is 0 Å². The number of cyclic esters (lactones) is 1. The summed E-state index contributed by atoms with van der Waals surface area (Å²) in [4.78, 5) is 27.9. The van der Waals surface area contributed by atoms with Gasteiger partial charge in [-0.15, -0.1) is 0 Å². The van der Waals surface area contributed by atoms with Crippen LogP contribution in [0.5, 0.6) is 0 Å². The molecule has 0 N–H and O–H groups in total. The smallest absolute Gasteiger partial charge is 0.353 e. The highest BCUT2D eigenvalue weighted by Crippen LogP contribution is 2.54. The number of esters is 1. The molecule has 2 aliphatic rings. The summed E-state index contributed by atoms with van der Waals surface area (Å²) in [5.41, 5.74) is 0.510. The second-order valence-electron chi connectivity index (χ2n) is 6.97. The quantitative estimate of drug-likeness (QED) is 0.334. The van der Waals surface area contributed by atoms with Crippen molar-refractivity contribution in [3.05, 3.63) is 101 Å². The van der Waals surface area contributed by atoms with Gasteiger partial charge >= 0.3 is 5.97 Å². The standard InChI is InChI=1S/C23H16BrNO4/c24-17-13-11-16(12-14-17)20-28-22(27)23(29-20)19(15-7-3-1-4-8-15)25(21(23)26)18-9-5-2-6-10-18/h1-14,19-20H/t19-,20+,23-/m0/s1. The molecule has 5 rings (SSSR count). The molecule has 0 aromatic heterocycles. The molecule has 6 heteroatoms. The van der Waals surface area contributed by atoms with Crippen LogP contribution in [0.1, 0.15) is 23.5 Å². The van der Waals surface area contributed by atoms with E-state index >= 15 is 0 Å². The minimum absolute atomic E-state index is 0.415. The van der Waals surface area contributed by atoms with Gasteiger partial charge in [-0.1, -0.05) is 76.6 Å². The van der Waals surface area contributed by atoms with Crippen LogP contribution in [-0.4, -0.2) is 17.5 Å². The Morgan fingerprint density at radius 1 is 0.793 bits per heavy atom. The molecule has 29 heavy (non-hydrogen) atoms. The largest absolute Gasteiger partial charge is 0.429 e. The second-order valence-corrected chi connectivity index (χ2v) is 7.88. The first-order valence-corrected chi connectivity index (χ1v) is 9.98. The van der Waals surface area contributed by atoms with E-state index in [1.54, 1.807) is 17.0 Å². The Bertz CT molecular complexity index is 1070. The van der Waals surface area contributed by atoms with Crippen LogP contribution < -0.4 is 4.90 Å². The van der Waals surface area contributed by atoms with Gasteiger partial charge in [-0.3, -0.25) is 9.69 Å². The molecule has 3 aromatic carbocycles. The number of benzene rings is 3. The van der Waals surface area contributed by atoms with E-state index in [4.69, 9.17) is 9.47 Å². The number of rotatable bonds is 3. The topological polar surface area (TPSA) is 55.8 Å². The van der Waals surface area contributed by atoms with Gasteiger partial charge < -0.3 is 9.47 Å². The highest BCUT2D eigenvalue weighted by atomic mass is 79.9. The molecule has 0 bridgehead atoms. The summed E-state index contributed by atoms with van der Waals surface area (Å²) in [6.07, 6.45) is -0.927. The van der Waals surface area contributed by atoms with Gasteiger partial charge in [0, 0.05) is 15.7 Å². The van der Waals surface area contributed by atoms with Gasteiger partial charge in [0.1, 0.15) is 6.04 Å². The summed E-state index contributed by atoms with van der Waals surface area (Å²) in [5, 5.41) is 0. The van der Waals surface area contributed by atoms with Gasteiger partial charge in [0.15, 0.2) is 0 Å². The normalized spacial score (nSPS) is 25.8. The van der Waals surface area contributed by atoms with E-state index in [1.807, 2.05) is 72.8 Å². The van der Waals surface area contributed by atoms with Gasteiger partial charge in [0.2, 0.25) is 6.29 Å². The highest BCUT2D eigenvalue weighted by molar-refractivity contribution is 9.10. The zero-order chi connectivity index (χ0) is 20.0. The monoisotopic (exact) mass is 449 g/mol. The Labute approximate surface area is 176 Å². The molecular weight excluding hydrogens is 434 g/mol. The van der Waals surface area contributed by atoms with Gasteiger partial charge in [-0.2, -0.15) is 0 Å². The molecule has 1 spiro atoms. The SMILES string of the molecule is O=C1O[C@@H](c2ccc(Br)cc2)O[C@@]12C(=O)N(c1ccccc1)[C@H]2c1ccccc1. The average Bonchev–Trinajstić information content (AvgIpc) is 3.12. The maximum absolute atomic E-state index is 13.3. The molecule has 2 heterocycles. The van der Waals surface area contributed by atoms with E-state index in [0.29, 0.717) is 11.3 Å². The first kappa shape index (κ1) is 18.1. The first-order valence-electron chi connectivity index (χ1n) is 9.19. The van der Waals surface area contributed by atoms with Crippen molar-refractivity contribution in [2.24, 2.45) is 0 Å². The van der Waals surface area contributed by atoms with Crippen LogP contribution in [0, 0.1) is 0 Å². The Hall–Kier alpha value is -2.96. The molecule has 2 saturated heterocycles. The lowest BCUT2D eigenvalue weighted by atomic mass is 9.77. The fourth-order valence-corrected chi connectivity index (χ4v) is 4.16. The van der Waals surface area contributed by atoms with E-state index in [9.17, 15) is 9.59 Å². The predicted molar refractivity (Wildman–Crippen MR) is 110 cm³/mol. The molecule has 2 aliphatic heterocycles. The average molecular weight is 450 g/mol. The minimum atomic E-state index is -1.69. The van der Waals surface area contributed by atoms with Crippen LogP contribution in [0.2, 0.25) is 0 Å². The predicted octanol–water partition coefficient (Wildman–Crippen LogP) is 4.55. The maximum Gasteiger partial charge on any atom is 0.353 e. The van der Waals surface area contributed by atoms with Crippen molar-refractivity contribution in [1.29, 1.82) is 0 Å². The number of carbonyl (C=O) groups excluding carboxylic acids is 2. The summed E-state index contributed by atoms with van der Waals surface area (Å²) in [6.45, 7) is 0. The number of anilines is 1. The zero-order valence-electron chi connectivity index (χ0n) is 15.2. The summed E-state index contributed by atoms with van der Waals surface area (Å²) < 4.78 is 12.5. The Kier molecular flexibility index (Phi) is 4.26. The summed E-state index contributed by atoms with van der Waals surface area (Å²) in [7, 11) is 0. The number of hydrogen-bond acceptors (Lipinski definition) is 4. The van der Waals surface area contributed by atoms with E-state index < -0.39 is 29.8 Å². The number of nitrogens with zero attached hydrogens (tertiary/aromatic N) is 1. The molecular formula is C23H16BrNO4. The van der Waals surface area contributed by atoms with Crippen LogP contribution >= 0.6 is 15.9 Å². The summed E-state index contributed by atoms with van der Waals surface area (Å²) in [6, 6.07) is 25.4. The van der Waals surface area contributed by atoms with Crippen molar-refractivity contribution < 1.29 is 19.1 Å². The molecule has 144 valence electrons. The molecule has 3 aromatic rings. The Balaban J connectivity index is 1.57. The minimum Gasteiger partial charge on any atom is -0.429 e. The van der Waals surface area contributed by atoms with Crippen LogP contribution in [0.3, 0.4) is 0 Å². The van der Waals surface area contributed by atoms with Crippen LogP contribution in [0.15, 0.2) is 89.4 Å². The van der Waals surface area contributed by atoms with Crippen molar-refractivity contribution >= 4 is 33.5 Å². The van der Waals surface area contributed by atoms with Crippen LogP contribution in [-0.2, 0) is 19.1 Å². The van der Waals surface area contributed by atoms with Crippen molar-refractivity contribution in [2.75, 3.05) is 4.90 Å².